The maximum Gasteiger partial charge on any atom is 0.465 e. The van der Waals surface area contributed by atoms with Gasteiger partial charge in [0.15, 0.2) is 0 Å². The van der Waals surface area contributed by atoms with Gasteiger partial charge in [-0.1, -0.05) is 31.3 Å². The standard InChI is InChI=1S/C11H15N7O3/c1-2-3-4-5-6-9-14-10(18(20)21)17(15-9)11(19)16-8-12-7-13-16/h7-8H,2-6H2,1H3. The Morgan fingerprint density at radius 3 is 2.81 bits per heavy atom. The van der Waals surface area contributed by atoms with Crippen LogP contribution >= 0.6 is 0 Å². The molecule has 0 amide bonds. The quantitative estimate of drug-likeness (QED) is 0.448. The van der Waals surface area contributed by atoms with Crippen molar-refractivity contribution < 1.29 is 9.72 Å². The summed E-state index contributed by atoms with van der Waals surface area (Å²) in [6.45, 7) is 2.09. The molecule has 0 N–H and O–H groups in total. The molecule has 0 aliphatic heterocycles. The summed E-state index contributed by atoms with van der Waals surface area (Å²) in [4.78, 5) is 29.7. The number of nitro groups is 1. The van der Waals surface area contributed by atoms with Crippen molar-refractivity contribution in [2.45, 2.75) is 39.0 Å². The van der Waals surface area contributed by atoms with Crippen LogP contribution in [0.4, 0.5) is 10.7 Å². The third-order valence-corrected chi connectivity index (χ3v) is 2.85. The average molecular weight is 293 g/mol. The summed E-state index contributed by atoms with van der Waals surface area (Å²) in [5.41, 5.74) is 0. The van der Waals surface area contributed by atoms with Gasteiger partial charge in [-0.15, -0.1) is 5.10 Å². The van der Waals surface area contributed by atoms with E-state index < -0.39 is 16.9 Å². The molecule has 112 valence electrons. The Hall–Kier alpha value is -2.65. The monoisotopic (exact) mass is 293 g/mol. The Kier molecular flexibility index (Phi) is 4.69. The molecule has 0 aromatic carbocycles. The zero-order valence-corrected chi connectivity index (χ0v) is 11.5. The second-order valence-electron chi connectivity index (χ2n) is 4.43. The third kappa shape index (κ3) is 3.46. The van der Waals surface area contributed by atoms with Crippen molar-refractivity contribution >= 4 is 12.0 Å². The first kappa shape index (κ1) is 14.8. The first-order chi connectivity index (χ1) is 10.1. The highest BCUT2D eigenvalue weighted by Crippen LogP contribution is 2.11. The molecule has 0 spiro atoms. The highest BCUT2D eigenvalue weighted by Gasteiger charge is 2.28. The average Bonchev–Trinajstić information content (AvgIpc) is 3.12. The van der Waals surface area contributed by atoms with Gasteiger partial charge in [0.05, 0.1) is 0 Å². The number of hydrogen-bond acceptors (Lipinski definition) is 7. The number of nitrogens with zero attached hydrogens (tertiary/aromatic N) is 7. The van der Waals surface area contributed by atoms with Crippen LogP contribution in [0.1, 0.15) is 38.4 Å². The predicted molar refractivity (Wildman–Crippen MR) is 70.7 cm³/mol. The van der Waals surface area contributed by atoms with Gasteiger partial charge in [0.25, 0.3) is 0 Å². The third-order valence-electron chi connectivity index (χ3n) is 2.85. The maximum absolute atomic E-state index is 12.0. The molecular weight excluding hydrogens is 278 g/mol. The van der Waals surface area contributed by atoms with Gasteiger partial charge in [0.1, 0.15) is 12.7 Å². The van der Waals surface area contributed by atoms with Crippen LogP contribution in [0.3, 0.4) is 0 Å². The molecule has 10 nitrogen and oxygen atoms in total. The van der Waals surface area contributed by atoms with E-state index in [4.69, 9.17) is 0 Å². The van der Waals surface area contributed by atoms with Crippen LogP contribution in [0.5, 0.6) is 0 Å². The van der Waals surface area contributed by atoms with Gasteiger partial charge in [0, 0.05) is 6.42 Å². The Bertz CT molecular complexity index is 620. The minimum absolute atomic E-state index is 0.284. The molecule has 0 bridgehead atoms. The zero-order chi connectivity index (χ0) is 15.2. The van der Waals surface area contributed by atoms with Crippen molar-refractivity contribution in [3.05, 3.63) is 28.6 Å². The molecule has 2 rings (SSSR count). The summed E-state index contributed by atoms with van der Waals surface area (Å²) >= 11 is 0. The summed E-state index contributed by atoms with van der Waals surface area (Å²) in [7, 11) is 0. The van der Waals surface area contributed by atoms with Gasteiger partial charge in [-0.3, -0.25) is 0 Å². The number of aryl methyl sites for hydroxylation is 1. The number of carbonyl (C=O) groups is 1. The van der Waals surface area contributed by atoms with E-state index in [0.29, 0.717) is 11.1 Å². The van der Waals surface area contributed by atoms with Gasteiger partial charge in [-0.05, 0) is 21.0 Å². The van der Waals surface area contributed by atoms with Gasteiger partial charge in [0.2, 0.25) is 5.82 Å². The van der Waals surface area contributed by atoms with E-state index in [2.05, 4.69) is 27.1 Å². The van der Waals surface area contributed by atoms with Crippen molar-refractivity contribution in [2.75, 3.05) is 0 Å². The first-order valence-electron chi connectivity index (χ1n) is 6.63. The zero-order valence-electron chi connectivity index (χ0n) is 11.5. The highest BCUT2D eigenvalue weighted by atomic mass is 16.6. The van der Waals surface area contributed by atoms with E-state index >= 15 is 0 Å². The second-order valence-corrected chi connectivity index (χ2v) is 4.43. The van der Waals surface area contributed by atoms with Crippen LogP contribution < -0.4 is 0 Å². The Morgan fingerprint density at radius 1 is 1.38 bits per heavy atom. The van der Waals surface area contributed by atoms with Crippen LogP contribution in [-0.4, -0.2) is 40.5 Å². The van der Waals surface area contributed by atoms with Gasteiger partial charge in [-0.25, -0.2) is 9.78 Å². The van der Waals surface area contributed by atoms with Gasteiger partial charge < -0.3 is 10.1 Å². The predicted octanol–water partition coefficient (Wildman–Crippen LogP) is 1.42. The lowest BCUT2D eigenvalue weighted by Gasteiger charge is -1.96. The number of unbranched alkanes of at least 4 members (excludes halogenated alkanes) is 3. The van der Waals surface area contributed by atoms with E-state index in [1.54, 1.807) is 0 Å². The molecule has 0 radical (unpaired) electrons. The van der Waals surface area contributed by atoms with Crippen LogP contribution in [0, 0.1) is 10.1 Å². The van der Waals surface area contributed by atoms with Crippen LogP contribution in [0.2, 0.25) is 0 Å². The number of hydrogen-bond donors (Lipinski definition) is 0. The molecule has 2 aromatic heterocycles. The van der Waals surface area contributed by atoms with E-state index in [1.165, 1.54) is 0 Å². The van der Waals surface area contributed by atoms with Crippen LogP contribution in [0.15, 0.2) is 12.7 Å². The molecule has 10 heteroatoms. The molecule has 21 heavy (non-hydrogen) atoms. The Balaban J connectivity index is 2.18. The van der Waals surface area contributed by atoms with Crippen molar-refractivity contribution in [3.8, 4) is 0 Å². The van der Waals surface area contributed by atoms with Gasteiger partial charge >= 0.3 is 12.0 Å². The molecule has 0 saturated carbocycles. The number of carbonyl (C=O) groups excluding carboxylic acids is 1. The molecule has 0 saturated heterocycles. The largest absolute Gasteiger partial charge is 0.465 e. The minimum Gasteiger partial charge on any atom is -0.390 e. The summed E-state index contributed by atoms with van der Waals surface area (Å²) in [5, 5.41) is 18.5. The fraction of sp³-hybridized carbons (Fsp3) is 0.545. The van der Waals surface area contributed by atoms with E-state index in [1.807, 2.05) is 0 Å². The minimum atomic E-state index is -0.786. The molecular formula is C11H15N7O3. The Morgan fingerprint density at radius 2 is 2.19 bits per heavy atom. The smallest absolute Gasteiger partial charge is 0.390 e. The summed E-state index contributed by atoms with van der Waals surface area (Å²) in [6, 6.07) is -0.786. The molecule has 0 aliphatic carbocycles. The lowest BCUT2D eigenvalue weighted by Crippen LogP contribution is -2.22. The van der Waals surface area contributed by atoms with Crippen molar-refractivity contribution in [2.24, 2.45) is 0 Å². The summed E-state index contributed by atoms with van der Waals surface area (Å²) in [6.07, 6.45) is 6.80. The van der Waals surface area contributed by atoms with E-state index in [0.717, 1.165) is 43.0 Å². The lowest BCUT2D eigenvalue weighted by molar-refractivity contribution is -0.395. The van der Waals surface area contributed by atoms with E-state index in [-0.39, 0.29) is 5.82 Å². The SMILES string of the molecule is CCCCCCc1nc([N+](=O)[O-])n(C(=O)n2cncn2)n1. The lowest BCUT2D eigenvalue weighted by atomic mass is 10.1. The van der Waals surface area contributed by atoms with Crippen LogP contribution in [-0.2, 0) is 6.42 Å². The molecule has 0 fully saturated rings. The van der Waals surface area contributed by atoms with E-state index in [9.17, 15) is 14.9 Å². The van der Waals surface area contributed by atoms with Crippen LogP contribution in [0.25, 0.3) is 0 Å². The molecule has 0 atom stereocenters. The maximum atomic E-state index is 12.0. The summed E-state index contributed by atoms with van der Waals surface area (Å²) in [5.74, 6) is -0.327. The molecule has 0 unspecified atom stereocenters. The second kappa shape index (κ2) is 6.68. The van der Waals surface area contributed by atoms with Crippen molar-refractivity contribution in [1.29, 1.82) is 0 Å². The number of rotatable bonds is 6. The Labute approximate surface area is 120 Å². The molecule has 2 aromatic rings. The fourth-order valence-corrected chi connectivity index (χ4v) is 1.81. The first-order valence-corrected chi connectivity index (χ1v) is 6.63. The molecule has 2 heterocycles. The normalized spacial score (nSPS) is 10.7. The number of aromatic nitrogens is 6. The summed E-state index contributed by atoms with van der Waals surface area (Å²) < 4.78 is 1.51. The highest BCUT2D eigenvalue weighted by molar-refractivity contribution is 5.78. The van der Waals surface area contributed by atoms with Gasteiger partial charge in [-0.2, -0.15) is 4.68 Å². The molecule has 0 aliphatic rings. The fourth-order valence-electron chi connectivity index (χ4n) is 1.81. The van der Waals surface area contributed by atoms with Crippen molar-refractivity contribution in [3.63, 3.8) is 0 Å². The van der Waals surface area contributed by atoms with Crippen molar-refractivity contribution in [1.82, 2.24) is 29.5 Å². The topological polar surface area (TPSA) is 122 Å².